The van der Waals surface area contributed by atoms with Gasteiger partial charge < -0.3 is 9.64 Å². The largest absolute Gasteiger partial charge is 0.487 e. The molecule has 38 heavy (non-hydrogen) atoms. The molecular formula is C30H30Cl2N4O2. The van der Waals surface area contributed by atoms with Gasteiger partial charge in [-0.1, -0.05) is 53.5 Å². The van der Waals surface area contributed by atoms with Crippen LogP contribution in [0, 0.1) is 13.8 Å². The van der Waals surface area contributed by atoms with E-state index in [2.05, 4.69) is 30.9 Å². The number of aryl methyl sites for hydroxylation is 1. The van der Waals surface area contributed by atoms with E-state index < -0.39 is 0 Å². The quantitative estimate of drug-likeness (QED) is 0.270. The van der Waals surface area contributed by atoms with Crippen molar-refractivity contribution in [2.75, 3.05) is 26.2 Å². The molecule has 4 aromatic rings. The second kappa shape index (κ2) is 11.6. The van der Waals surface area contributed by atoms with Crippen LogP contribution in [0.15, 0.2) is 72.8 Å². The molecule has 6 nitrogen and oxygen atoms in total. The molecule has 1 aliphatic rings. The van der Waals surface area contributed by atoms with Crippen LogP contribution in [0.2, 0.25) is 10.0 Å². The lowest BCUT2D eigenvalue weighted by Gasteiger charge is -2.34. The number of amides is 1. The number of rotatable bonds is 7. The van der Waals surface area contributed by atoms with Crippen LogP contribution in [0.1, 0.15) is 32.9 Å². The molecule has 1 saturated heterocycles. The summed E-state index contributed by atoms with van der Waals surface area (Å²) in [6, 6.07) is 22.9. The molecule has 0 radical (unpaired) electrons. The fraction of sp³-hybridized carbons (Fsp3) is 0.267. The molecule has 0 saturated carbocycles. The van der Waals surface area contributed by atoms with Crippen molar-refractivity contribution < 1.29 is 9.53 Å². The first-order valence-corrected chi connectivity index (χ1v) is 13.4. The van der Waals surface area contributed by atoms with Crippen LogP contribution in [0.25, 0.3) is 5.69 Å². The zero-order valence-corrected chi connectivity index (χ0v) is 23.0. The van der Waals surface area contributed by atoms with E-state index in [0.29, 0.717) is 41.1 Å². The maximum atomic E-state index is 13.1. The number of halogens is 2. The molecule has 0 unspecified atom stereocenters. The predicted octanol–water partition coefficient (Wildman–Crippen LogP) is 6.33. The van der Waals surface area contributed by atoms with Crippen LogP contribution in [0.5, 0.6) is 5.75 Å². The van der Waals surface area contributed by atoms with Gasteiger partial charge in [-0.25, -0.2) is 4.68 Å². The van der Waals surface area contributed by atoms with E-state index in [0.717, 1.165) is 42.3 Å². The molecule has 0 spiro atoms. The number of ether oxygens (including phenoxy) is 1. The Morgan fingerprint density at radius 1 is 0.921 bits per heavy atom. The van der Waals surface area contributed by atoms with Gasteiger partial charge in [-0.05, 0) is 61.9 Å². The van der Waals surface area contributed by atoms with Gasteiger partial charge in [0.05, 0.1) is 16.4 Å². The van der Waals surface area contributed by atoms with Crippen LogP contribution in [-0.2, 0) is 13.2 Å². The summed E-state index contributed by atoms with van der Waals surface area (Å²) in [5.74, 6) is 0.633. The summed E-state index contributed by atoms with van der Waals surface area (Å²) in [6.45, 7) is 8.44. The minimum absolute atomic E-state index is 0.0575. The van der Waals surface area contributed by atoms with Crippen LogP contribution in [-0.4, -0.2) is 51.7 Å². The number of hydrogen-bond donors (Lipinski definition) is 0. The summed E-state index contributed by atoms with van der Waals surface area (Å²) in [7, 11) is 0. The monoisotopic (exact) mass is 548 g/mol. The smallest absolute Gasteiger partial charge is 0.253 e. The first kappa shape index (κ1) is 26.3. The van der Waals surface area contributed by atoms with Gasteiger partial charge in [0.2, 0.25) is 0 Å². The third-order valence-electron chi connectivity index (χ3n) is 6.97. The zero-order chi connectivity index (χ0) is 26.6. The standard InChI is InChI=1S/C30H30Cl2N4O2/c1-21-27(22(2)36(33-21)26-6-4-3-5-7-26)19-34-14-16-35(17-15-34)30(37)24-10-8-23(9-11-24)20-38-29-13-12-25(31)18-28(29)32/h3-13,18H,14-17,19-20H2,1-2H3. The molecule has 5 rings (SSSR count). The Balaban J connectivity index is 1.15. The number of nitrogens with zero attached hydrogens (tertiary/aromatic N) is 4. The summed E-state index contributed by atoms with van der Waals surface area (Å²) in [4.78, 5) is 17.5. The number of carbonyl (C=O) groups is 1. The average Bonchev–Trinajstić information content (AvgIpc) is 3.22. The van der Waals surface area contributed by atoms with Gasteiger partial charge in [0.1, 0.15) is 12.4 Å². The van der Waals surface area contributed by atoms with Gasteiger partial charge in [0.25, 0.3) is 5.91 Å². The van der Waals surface area contributed by atoms with E-state index in [4.69, 9.17) is 33.0 Å². The first-order chi connectivity index (χ1) is 18.4. The predicted molar refractivity (Wildman–Crippen MR) is 151 cm³/mol. The highest BCUT2D eigenvalue weighted by Gasteiger charge is 2.24. The molecule has 3 aromatic carbocycles. The zero-order valence-electron chi connectivity index (χ0n) is 21.5. The Morgan fingerprint density at radius 3 is 2.32 bits per heavy atom. The van der Waals surface area contributed by atoms with E-state index in [1.54, 1.807) is 18.2 Å². The Bertz CT molecular complexity index is 1410. The van der Waals surface area contributed by atoms with Crippen LogP contribution in [0.4, 0.5) is 0 Å². The number of hydrogen-bond acceptors (Lipinski definition) is 4. The lowest BCUT2D eigenvalue weighted by Crippen LogP contribution is -2.48. The molecule has 8 heteroatoms. The van der Waals surface area contributed by atoms with Crippen LogP contribution < -0.4 is 4.74 Å². The molecule has 1 fully saturated rings. The number of carbonyl (C=O) groups excluding carboxylic acids is 1. The lowest BCUT2D eigenvalue weighted by molar-refractivity contribution is 0.0628. The molecule has 1 aliphatic heterocycles. The van der Waals surface area contributed by atoms with Crippen molar-refractivity contribution in [3.05, 3.63) is 111 Å². The van der Waals surface area contributed by atoms with E-state index in [-0.39, 0.29) is 5.91 Å². The highest BCUT2D eigenvalue weighted by molar-refractivity contribution is 6.35. The van der Waals surface area contributed by atoms with E-state index in [1.807, 2.05) is 52.0 Å². The highest BCUT2D eigenvalue weighted by atomic mass is 35.5. The van der Waals surface area contributed by atoms with Gasteiger partial charge in [0, 0.05) is 54.6 Å². The normalized spacial score (nSPS) is 14.1. The number of benzene rings is 3. The van der Waals surface area contributed by atoms with Crippen molar-refractivity contribution in [2.45, 2.75) is 27.0 Å². The van der Waals surface area contributed by atoms with Gasteiger partial charge >= 0.3 is 0 Å². The molecule has 0 atom stereocenters. The molecule has 2 heterocycles. The fourth-order valence-electron chi connectivity index (χ4n) is 4.74. The van der Waals surface area contributed by atoms with Gasteiger partial charge in [-0.3, -0.25) is 9.69 Å². The summed E-state index contributed by atoms with van der Waals surface area (Å²) in [6.07, 6.45) is 0. The van der Waals surface area contributed by atoms with E-state index in [9.17, 15) is 4.79 Å². The van der Waals surface area contributed by atoms with E-state index >= 15 is 0 Å². The van der Waals surface area contributed by atoms with Crippen molar-refractivity contribution in [3.8, 4) is 11.4 Å². The van der Waals surface area contributed by atoms with Gasteiger partial charge in [0.15, 0.2) is 0 Å². The highest BCUT2D eigenvalue weighted by Crippen LogP contribution is 2.28. The van der Waals surface area contributed by atoms with Crippen molar-refractivity contribution in [3.63, 3.8) is 0 Å². The second-order valence-corrected chi connectivity index (χ2v) is 10.4. The molecule has 1 aromatic heterocycles. The topological polar surface area (TPSA) is 50.6 Å². The third-order valence-corrected chi connectivity index (χ3v) is 7.50. The number of para-hydroxylation sites is 1. The summed E-state index contributed by atoms with van der Waals surface area (Å²) >= 11 is 12.1. The maximum Gasteiger partial charge on any atom is 0.253 e. The molecular weight excluding hydrogens is 519 g/mol. The lowest BCUT2D eigenvalue weighted by atomic mass is 10.1. The molecule has 0 bridgehead atoms. The molecule has 1 amide bonds. The fourth-order valence-corrected chi connectivity index (χ4v) is 5.20. The Hall–Kier alpha value is -3.32. The number of aromatic nitrogens is 2. The molecule has 196 valence electrons. The van der Waals surface area contributed by atoms with Crippen molar-refractivity contribution in [1.29, 1.82) is 0 Å². The van der Waals surface area contributed by atoms with Crippen LogP contribution >= 0.6 is 23.2 Å². The number of piperazine rings is 1. The maximum absolute atomic E-state index is 13.1. The summed E-state index contributed by atoms with van der Waals surface area (Å²) < 4.78 is 7.82. The van der Waals surface area contributed by atoms with E-state index in [1.165, 1.54) is 5.56 Å². The first-order valence-electron chi connectivity index (χ1n) is 12.7. The van der Waals surface area contributed by atoms with Crippen molar-refractivity contribution in [1.82, 2.24) is 19.6 Å². The Labute approximate surface area is 233 Å². The minimum Gasteiger partial charge on any atom is -0.487 e. The Kier molecular flexibility index (Phi) is 8.03. The Morgan fingerprint density at radius 2 is 1.63 bits per heavy atom. The SMILES string of the molecule is Cc1nn(-c2ccccc2)c(C)c1CN1CCN(C(=O)c2ccc(COc3ccc(Cl)cc3Cl)cc2)CC1. The second-order valence-electron chi connectivity index (χ2n) is 9.53. The van der Waals surface area contributed by atoms with Crippen molar-refractivity contribution in [2.24, 2.45) is 0 Å². The van der Waals surface area contributed by atoms with Gasteiger partial charge in [-0.15, -0.1) is 0 Å². The van der Waals surface area contributed by atoms with Gasteiger partial charge in [-0.2, -0.15) is 5.10 Å². The summed E-state index contributed by atoms with van der Waals surface area (Å²) in [5.41, 5.74) is 6.18. The summed E-state index contributed by atoms with van der Waals surface area (Å²) in [5, 5.41) is 5.81. The average molecular weight is 550 g/mol. The minimum atomic E-state index is 0.0575. The molecule has 0 aliphatic carbocycles. The van der Waals surface area contributed by atoms with Crippen LogP contribution in [0.3, 0.4) is 0 Å². The molecule has 0 N–H and O–H groups in total. The van der Waals surface area contributed by atoms with Crippen molar-refractivity contribution >= 4 is 29.1 Å². The third kappa shape index (κ3) is 5.88.